The highest BCUT2D eigenvalue weighted by atomic mass is 16.5. The molecular weight excluding hydrogens is 214 g/mol. The Hall–Kier alpha value is -0.800. The molecule has 0 amide bonds. The minimum Gasteiger partial charge on any atom is -0.462 e. The van der Waals surface area contributed by atoms with Crippen LogP contribution in [-0.4, -0.2) is 6.61 Å². The molecule has 0 atom stereocenters. The summed E-state index contributed by atoms with van der Waals surface area (Å²) in [6.07, 6.45) is 6.34. The normalized spacial score (nSPS) is 11.0. The SMILES string of the molecule is CCCCCCCOCc1cc(C)c(CN)o1. The number of hydrogen-bond donors (Lipinski definition) is 1. The summed E-state index contributed by atoms with van der Waals surface area (Å²) in [6, 6.07) is 2.01. The van der Waals surface area contributed by atoms with Crippen LogP contribution < -0.4 is 5.73 Å². The molecular formula is C14H25NO2. The van der Waals surface area contributed by atoms with Gasteiger partial charge in [0.25, 0.3) is 0 Å². The van der Waals surface area contributed by atoms with Gasteiger partial charge >= 0.3 is 0 Å². The monoisotopic (exact) mass is 239 g/mol. The summed E-state index contributed by atoms with van der Waals surface area (Å²) in [4.78, 5) is 0. The van der Waals surface area contributed by atoms with Gasteiger partial charge in [-0.05, 0) is 25.0 Å². The van der Waals surface area contributed by atoms with Crippen molar-refractivity contribution in [2.45, 2.75) is 59.1 Å². The Balaban J connectivity index is 2.09. The molecule has 3 heteroatoms. The molecule has 1 rings (SSSR count). The standard InChI is InChI=1S/C14H25NO2/c1-3-4-5-6-7-8-16-11-13-9-12(2)14(10-15)17-13/h9H,3-8,10-11,15H2,1-2H3. The molecule has 1 aromatic rings. The van der Waals surface area contributed by atoms with Gasteiger partial charge in [-0.3, -0.25) is 0 Å². The van der Waals surface area contributed by atoms with Crippen LogP contribution in [0, 0.1) is 6.92 Å². The number of hydrogen-bond acceptors (Lipinski definition) is 3. The van der Waals surface area contributed by atoms with Gasteiger partial charge in [0.15, 0.2) is 0 Å². The summed E-state index contributed by atoms with van der Waals surface area (Å²) in [5.74, 6) is 1.75. The van der Waals surface area contributed by atoms with Gasteiger partial charge in [0, 0.05) is 6.61 Å². The highest BCUT2D eigenvalue weighted by molar-refractivity contribution is 5.19. The molecule has 0 unspecified atom stereocenters. The lowest BCUT2D eigenvalue weighted by Crippen LogP contribution is -1.96. The predicted molar refractivity (Wildman–Crippen MR) is 69.8 cm³/mol. The molecule has 0 fully saturated rings. The number of rotatable bonds is 9. The number of ether oxygens (including phenoxy) is 1. The summed E-state index contributed by atoms with van der Waals surface area (Å²) in [5, 5.41) is 0. The molecule has 0 radical (unpaired) electrons. The summed E-state index contributed by atoms with van der Waals surface area (Å²) in [7, 11) is 0. The molecule has 1 aromatic heterocycles. The number of furan rings is 1. The van der Waals surface area contributed by atoms with Crippen LogP contribution in [0.4, 0.5) is 0 Å². The van der Waals surface area contributed by atoms with Crippen molar-refractivity contribution in [1.82, 2.24) is 0 Å². The van der Waals surface area contributed by atoms with Gasteiger partial charge in [0.05, 0.1) is 6.54 Å². The fraction of sp³-hybridized carbons (Fsp3) is 0.714. The smallest absolute Gasteiger partial charge is 0.130 e. The van der Waals surface area contributed by atoms with Crippen molar-refractivity contribution in [2.24, 2.45) is 5.73 Å². The molecule has 2 N–H and O–H groups in total. The molecule has 0 aromatic carbocycles. The molecule has 0 saturated heterocycles. The third-order valence-electron chi connectivity index (χ3n) is 2.89. The molecule has 3 nitrogen and oxygen atoms in total. The first-order chi connectivity index (χ1) is 8.27. The molecule has 0 saturated carbocycles. The summed E-state index contributed by atoms with van der Waals surface area (Å²) in [6.45, 7) is 6.09. The Labute approximate surface area is 104 Å². The Morgan fingerprint density at radius 1 is 1.24 bits per heavy atom. The quantitative estimate of drug-likeness (QED) is 0.671. The first-order valence-electron chi connectivity index (χ1n) is 6.64. The van der Waals surface area contributed by atoms with E-state index in [1.807, 2.05) is 13.0 Å². The van der Waals surface area contributed by atoms with E-state index >= 15 is 0 Å². The zero-order chi connectivity index (χ0) is 12.5. The molecule has 1 heterocycles. The zero-order valence-corrected chi connectivity index (χ0v) is 11.1. The van der Waals surface area contributed by atoms with E-state index in [1.165, 1.54) is 25.7 Å². The summed E-state index contributed by atoms with van der Waals surface area (Å²) in [5.41, 5.74) is 6.67. The second-order valence-corrected chi connectivity index (χ2v) is 4.49. The van der Waals surface area contributed by atoms with Crippen molar-refractivity contribution in [3.8, 4) is 0 Å². The Bertz CT molecular complexity index is 307. The maximum Gasteiger partial charge on any atom is 0.130 e. The second kappa shape index (κ2) is 8.31. The lowest BCUT2D eigenvalue weighted by atomic mass is 10.2. The third kappa shape index (κ3) is 5.37. The molecule has 0 aliphatic heterocycles. The van der Waals surface area contributed by atoms with Crippen LogP contribution in [0.25, 0.3) is 0 Å². The van der Waals surface area contributed by atoms with E-state index in [9.17, 15) is 0 Å². The van der Waals surface area contributed by atoms with Crippen molar-refractivity contribution in [3.63, 3.8) is 0 Å². The van der Waals surface area contributed by atoms with E-state index in [2.05, 4.69) is 6.92 Å². The van der Waals surface area contributed by atoms with E-state index < -0.39 is 0 Å². The lowest BCUT2D eigenvalue weighted by Gasteiger charge is -2.02. The fourth-order valence-electron chi connectivity index (χ4n) is 1.84. The summed E-state index contributed by atoms with van der Waals surface area (Å²) < 4.78 is 11.1. The van der Waals surface area contributed by atoms with E-state index in [4.69, 9.17) is 14.9 Å². The minimum atomic E-state index is 0.461. The predicted octanol–water partition coefficient (Wildman–Crippen LogP) is 3.53. The van der Waals surface area contributed by atoms with Crippen LogP contribution in [0.2, 0.25) is 0 Å². The van der Waals surface area contributed by atoms with Crippen LogP contribution in [0.5, 0.6) is 0 Å². The average molecular weight is 239 g/mol. The third-order valence-corrected chi connectivity index (χ3v) is 2.89. The van der Waals surface area contributed by atoms with Crippen LogP contribution in [0.3, 0.4) is 0 Å². The largest absolute Gasteiger partial charge is 0.462 e. The molecule has 0 spiro atoms. The second-order valence-electron chi connectivity index (χ2n) is 4.49. The Kier molecular flexibility index (Phi) is 6.97. The first kappa shape index (κ1) is 14.3. The van der Waals surface area contributed by atoms with E-state index in [-0.39, 0.29) is 0 Å². The zero-order valence-electron chi connectivity index (χ0n) is 11.1. The Morgan fingerprint density at radius 3 is 2.65 bits per heavy atom. The van der Waals surface area contributed by atoms with Crippen molar-refractivity contribution < 1.29 is 9.15 Å². The highest BCUT2D eigenvalue weighted by Gasteiger charge is 2.05. The van der Waals surface area contributed by atoms with Crippen molar-refractivity contribution in [3.05, 3.63) is 23.2 Å². The number of aryl methyl sites for hydroxylation is 1. The fourth-order valence-corrected chi connectivity index (χ4v) is 1.84. The Morgan fingerprint density at radius 2 is 2.00 bits per heavy atom. The summed E-state index contributed by atoms with van der Waals surface area (Å²) >= 11 is 0. The van der Waals surface area contributed by atoms with Crippen LogP contribution in [-0.2, 0) is 17.9 Å². The lowest BCUT2D eigenvalue weighted by molar-refractivity contribution is 0.101. The van der Waals surface area contributed by atoms with Crippen LogP contribution in [0.1, 0.15) is 56.1 Å². The number of nitrogens with two attached hydrogens (primary N) is 1. The van der Waals surface area contributed by atoms with Gasteiger partial charge in [0.2, 0.25) is 0 Å². The molecule has 98 valence electrons. The molecule has 0 aliphatic rings. The van der Waals surface area contributed by atoms with Crippen LogP contribution in [0.15, 0.2) is 10.5 Å². The highest BCUT2D eigenvalue weighted by Crippen LogP contribution is 2.15. The van der Waals surface area contributed by atoms with Gasteiger partial charge in [0.1, 0.15) is 18.1 Å². The van der Waals surface area contributed by atoms with E-state index in [0.717, 1.165) is 30.1 Å². The van der Waals surface area contributed by atoms with E-state index in [0.29, 0.717) is 13.2 Å². The maximum absolute atomic E-state index is 5.58. The average Bonchev–Trinajstić information content (AvgIpc) is 2.68. The molecule has 0 aliphatic carbocycles. The van der Waals surface area contributed by atoms with Crippen molar-refractivity contribution in [1.29, 1.82) is 0 Å². The van der Waals surface area contributed by atoms with Gasteiger partial charge in [-0.2, -0.15) is 0 Å². The first-order valence-corrected chi connectivity index (χ1v) is 6.64. The van der Waals surface area contributed by atoms with Gasteiger partial charge in [-0.15, -0.1) is 0 Å². The topological polar surface area (TPSA) is 48.4 Å². The van der Waals surface area contributed by atoms with Gasteiger partial charge in [-0.1, -0.05) is 32.6 Å². The van der Waals surface area contributed by atoms with E-state index in [1.54, 1.807) is 0 Å². The maximum atomic E-state index is 5.58. The van der Waals surface area contributed by atoms with Gasteiger partial charge < -0.3 is 14.9 Å². The van der Waals surface area contributed by atoms with Gasteiger partial charge in [-0.25, -0.2) is 0 Å². The molecule has 0 bridgehead atoms. The molecule has 17 heavy (non-hydrogen) atoms. The van der Waals surface area contributed by atoms with Crippen molar-refractivity contribution in [2.75, 3.05) is 6.61 Å². The minimum absolute atomic E-state index is 0.461. The van der Waals surface area contributed by atoms with Crippen molar-refractivity contribution >= 4 is 0 Å². The van der Waals surface area contributed by atoms with Crippen LogP contribution >= 0.6 is 0 Å². The number of unbranched alkanes of at least 4 members (excludes halogenated alkanes) is 4.